The molecule has 0 N–H and O–H groups in total. The third-order valence-corrected chi connectivity index (χ3v) is 8.53. The summed E-state index contributed by atoms with van der Waals surface area (Å²) in [5, 5.41) is 0.786. The van der Waals surface area contributed by atoms with Gasteiger partial charge in [-0.15, -0.1) is 12.4 Å². The first kappa shape index (κ1) is 27.5. The minimum Gasteiger partial charge on any atom is -0.309 e. The van der Waals surface area contributed by atoms with Crippen LogP contribution in [0.1, 0.15) is 25.8 Å². The minimum absolute atomic E-state index is 0. The Kier molecular flexibility index (Phi) is 9.70. The van der Waals surface area contributed by atoms with Crippen LogP contribution in [0.25, 0.3) is 10.2 Å². The van der Waals surface area contributed by atoms with Crippen LogP contribution < -0.4 is 4.90 Å². The molecule has 0 saturated carbocycles. The van der Waals surface area contributed by atoms with Crippen LogP contribution in [0.3, 0.4) is 0 Å². The monoisotopic (exact) mass is 529 g/mol. The Morgan fingerprint density at radius 1 is 1.09 bits per heavy atom. The number of anilines is 1. The van der Waals surface area contributed by atoms with Gasteiger partial charge in [-0.05, 0) is 76.8 Å². The Balaban J connectivity index is 0.00000385. The predicted octanol–water partition coefficient (Wildman–Crippen LogP) is 5.08. The van der Waals surface area contributed by atoms with Gasteiger partial charge in [0.15, 0.2) is 15.0 Å². The van der Waals surface area contributed by atoms with Gasteiger partial charge in [-0.3, -0.25) is 9.69 Å². The van der Waals surface area contributed by atoms with Crippen molar-refractivity contribution < 1.29 is 13.2 Å². The lowest BCUT2D eigenvalue weighted by Gasteiger charge is -2.21. The van der Waals surface area contributed by atoms with Gasteiger partial charge in [-0.25, -0.2) is 13.4 Å². The maximum atomic E-state index is 13.3. The van der Waals surface area contributed by atoms with Crippen LogP contribution in [-0.2, 0) is 21.1 Å². The molecule has 1 amide bonds. The second-order valence-corrected chi connectivity index (χ2v) is 12.2. The molecule has 0 saturated heterocycles. The topological polar surface area (TPSA) is 70.6 Å². The minimum atomic E-state index is -3.34. The van der Waals surface area contributed by atoms with E-state index in [0.717, 1.165) is 28.7 Å². The predicted molar refractivity (Wildman–Crippen MR) is 140 cm³/mol. The number of hydrogen-bond acceptors (Lipinski definition) is 6. The molecule has 3 aromatic rings. The van der Waals surface area contributed by atoms with E-state index in [-0.39, 0.29) is 29.6 Å². The first-order valence-corrected chi connectivity index (χ1v) is 13.2. The molecule has 0 fully saturated rings. The summed E-state index contributed by atoms with van der Waals surface area (Å²) >= 11 is 7.55. The summed E-state index contributed by atoms with van der Waals surface area (Å²) < 4.78 is 25.6. The third-order valence-electron chi connectivity index (χ3n) is 5.09. The molecule has 1 heterocycles. The largest absolute Gasteiger partial charge is 0.309 e. The Hall–Kier alpha value is -1.71. The molecular formula is C23H29Cl2N3O3S2. The zero-order valence-corrected chi connectivity index (χ0v) is 22.3. The van der Waals surface area contributed by atoms with Crippen molar-refractivity contribution in [2.24, 2.45) is 0 Å². The lowest BCUT2D eigenvalue weighted by Crippen LogP contribution is -2.34. The van der Waals surface area contributed by atoms with Gasteiger partial charge in [-0.2, -0.15) is 0 Å². The number of aromatic nitrogens is 1. The Bertz CT molecular complexity index is 1190. The van der Waals surface area contributed by atoms with Crippen molar-refractivity contribution in [2.75, 3.05) is 32.1 Å². The van der Waals surface area contributed by atoms with Crippen LogP contribution in [0.15, 0.2) is 47.4 Å². The molecule has 33 heavy (non-hydrogen) atoms. The number of carbonyl (C=O) groups excluding carboxylic acids is 1. The number of benzene rings is 2. The lowest BCUT2D eigenvalue weighted by molar-refractivity contribution is -0.118. The van der Waals surface area contributed by atoms with Crippen molar-refractivity contribution in [3.8, 4) is 0 Å². The summed E-state index contributed by atoms with van der Waals surface area (Å²) in [7, 11) is 0.658. The number of nitrogens with zero attached hydrogens (tertiary/aromatic N) is 3. The lowest BCUT2D eigenvalue weighted by atomic mass is 10.1. The van der Waals surface area contributed by atoms with Crippen molar-refractivity contribution in [1.29, 1.82) is 0 Å². The zero-order chi connectivity index (χ0) is 23.5. The van der Waals surface area contributed by atoms with Crippen LogP contribution >= 0.6 is 35.3 Å². The number of halogens is 2. The highest BCUT2D eigenvalue weighted by atomic mass is 35.5. The van der Waals surface area contributed by atoms with E-state index >= 15 is 0 Å². The first-order chi connectivity index (χ1) is 15.1. The fraction of sp³-hybridized carbons (Fsp3) is 0.391. The number of sulfone groups is 1. The van der Waals surface area contributed by atoms with E-state index in [4.69, 9.17) is 11.6 Å². The van der Waals surface area contributed by atoms with E-state index in [2.05, 4.69) is 9.88 Å². The number of carbonyl (C=O) groups is 1. The zero-order valence-electron chi connectivity index (χ0n) is 19.1. The van der Waals surface area contributed by atoms with Gasteiger partial charge in [-0.1, -0.05) is 35.1 Å². The smallest absolute Gasteiger partial charge is 0.233 e. The maximum Gasteiger partial charge on any atom is 0.233 e. The van der Waals surface area contributed by atoms with Gasteiger partial charge in [0.1, 0.15) is 0 Å². The molecule has 0 aliphatic rings. The number of rotatable bonds is 9. The summed E-state index contributed by atoms with van der Waals surface area (Å²) in [5.41, 5.74) is 1.57. The van der Waals surface area contributed by atoms with Gasteiger partial charge in [0.05, 0.1) is 26.8 Å². The fourth-order valence-corrected chi connectivity index (χ4v) is 5.56. The molecule has 180 valence electrons. The molecule has 0 aliphatic heterocycles. The quantitative estimate of drug-likeness (QED) is 0.386. The number of thiazole rings is 1. The summed E-state index contributed by atoms with van der Waals surface area (Å²) in [6.45, 7) is 4.71. The molecule has 3 rings (SSSR count). The average molecular weight is 531 g/mol. The standard InChI is InChI=1S/C23H28ClN3O3S2.ClH/c1-16(2)32(29,30)19-9-6-17(7-10-19)14-22(28)27(13-5-12-26(3)4)23-25-20-11-8-18(24)15-21(20)31-23;/h6-11,15-16H,5,12-14H2,1-4H3;1H. The van der Waals surface area contributed by atoms with Crippen LogP contribution in [0.2, 0.25) is 5.02 Å². The van der Waals surface area contributed by atoms with Gasteiger partial charge in [0.2, 0.25) is 5.91 Å². The fourth-order valence-electron chi connectivity index (χ4n) is 3.21. The summed E-state index contributed by atoms with van der Waals surface area (Å²) in [4.78, 5) is 22.0. The molecule has 6 nitrogen and oxygen atoms in total. The molecule has 0 atom stereocenters. The molecule has 0 aliphatic carbocycles. The molecule has 0 unspecified atom stereocenters. The van der Waals surface area contributed by atoms with Gasteiger partial charge in [0, 0.05) is 11.6 Å². The highest BCUT2D eigenvalue weighted by Gasteiger charge is 2.22. The summed E-state index contributed by atoms with van der Waals surface area (Å²) in [6.07, 6.45) is 0.974. The van der Waals surface area contributed by atoms with E-state index in [1.807, 2.05) is 26.2 Å². The van der Waals surface area contributed by atoms with E-state index in [1.54, 1.807) is 49.1 Å². The van der Waals surface area contributed by atoms with E-state index < -0.39 is 15.1 Å². The van der Waals surface area contributed by atoms with Crippen molar-refractivity contribution in [1.82, 2.24) is 9.88 Å². The average Bonchev–Trinajstić information content (AvgIpc) is 3.13. The van der Waals surface area contributed by atoms with Gasteiger partial charge >= 0.3 is 0 Å². The number of amides is 1. The van der Waals surface area contributed by atoms with Crippen molar-refractivity contribution in [3.63, 3.8) is 0 Å². The van der Waals surface area contributed by atoms with Gasteiger partial charge in [0.25, 0.3) is 0 Å². The van der Waals surface area contributed by atoms with Crippen molar-refractivity contribution in [2.45, 2.75) is 36.8 Å². The van der Waals surface area contributed by atoms with Crippen molar-refractivity contribution >= 4 is 66.4 Å². The molecule has 0 spiro atoms. The van der Waals surface area contributed by atoms with E-state index in [0.29, 0.717) is 16.7 Å². The molecule has 0 bridgehead atoms. The summed E-state index contributed by atoms with van der Waals surface area (Å²) in [5.74, 6) is -0.0756. The van der Waals surface area contributed by atoms with Crippen molar-refractivity contribution in [3.05, 3.63) is 53.1 Å². The molecule has 10 heteroatoms. The molecular weight excluding hydrogens is 501 g/mol. The SMILES string of the molecule is CC(C)S(=O)(=O)c1ccc(CC(=O)N(CCCN(C)C)c2nc3ccc(Cl)cc3s2)cc1.Cl. The van der Waals surface area contributed by atoms with Crippen LogP contribution in [0, 0.1) is 0 Å². The van der Waals surface area contributed by atoms with E-state index in [1.165, 1.54) is 11.3 Å². The highest BCUT2D eigenvalue weighted by Crippen LogP contribution is 2.31. The third kappa shape index (κ3) is 6.90. The van der Waals surface area contributed by atoms with Crippen LogP contribution in [0.4, 0.5) is 5.13 Å². The van der Waals surface area contributed by atoms with Gasteiger partial charge < -0.3 is 4.90 Å². The Morgan fingerprint density at radius 2 is 1.76 bits per heavy atom. The normalized spacial score (nSPS) is 11.7. The van der Waals surface area contributed by atoms with Crippen LogP contribution in [-0.4, -0.2) is 56.6 Å². The molecule has 2 aromatic carbocycles. The second-order valence-electron chi connectivity index (χ2n) is 8.23. The summed E-state index contributed by atoms with van der Waals surface area (Å²) in [6, 6.07) is 12.1. The van der Waals surface area contributed by atoms with E-state index in [9.17, 15) is 13.2 Å². The Labute approximate surface area is 210 Å². The number of fused-ring (bicyclic) bond motifs is 1. The first-order valence-electron chi connectivity index (χ1n) is 10.4. The molecule has 0 radical (unpaired) electrons. The maximum absolute atomic E-state index is 13.3. The van der Waals surface area contributed by atoms with Crippen LogP contribution in [0.5, 0.6) is 0 Å². The molecule has 1 aromatic heterocycles. The second kappa shape index (κ2) is 11.6. The number of hydrogen-bond donors (Lipinski definition) is 0. The Morgan fingerprint density at radius 3 is 2.36 bits per heavy atom. The highest BCUT2D eigenvalue weighted by molar-refractivity contribution is 7.92.